The van der Waals surface area contributed by atoms with Crippen LogP contribution < -0.4 is 5.01 Å². The minimum absolute atomic E-state index is 0.116. The number of benzene rings is 2. The van der Waals surface area contributed by atoms with Crippen LogP contribution in [-0.2, 0) is 0 Å². The van der Waals surface area contributed by atoms with E-state index < -0.39 is 5.97 Å². The van der Waals surface area contributed by atoms with Gasteiger partial charge < -0.3 is 5.11 Å². The normalized spacial score (nSPS) is 21.2. The second kappa shape index (κ2) is 8.93. The summed E-state index contributed by atoms with van der Waals surface area (Å²) in [6.07, 6.45) is 5.00. The van der Waals surface area contributed by atoms with Crippen molar-refractivity contribution in [1.29, 1.82) is 0 Å². The lowest BCUT2D eigenvalue weighted by Crippen LogP contribution is -2.28. The van der Waals surface area contributed by atoms with Gasteiger partial charge in [0.2, 0.25) is 5.13 Å². The maximum Gasteiger partial charge on any atom is 0.347 e. The van der Waals surface area contributed by atoms with Gasteiger partial charge in [0.05, 0.1) is 17.4 Å². The smallest absolute Gasteiger partial charge is 0.347 e. The quantitative estimate of drug-likeness (QED) is 0.411. The third kappa shape index (κ3) is 4.07. The van der Waals surface area contributed by atoms with E-state index in [1.165, 1.54) is 0 Å². The van der Waals surface area contributed by atoms with Crippen LogP contribution in [-0.4, -0.2) is 21.8 Å². The summed E-state index contributed by atoms with van der Waals surface area (Å²) in [5.41, 5.74) is 4.55. The number of hydrogen-bond donors (Lipinski definition) is 1. The summed E-state index contributed by atoms with van der Waals surface area (Å²) < 4.78 is 0. The summed E-state index contributed by atoms with van der Waals surface area (Å²) >= 11 is 14.2. The molecular weight excluding hydrogens is 477 g/mol. The van der Waals surface area contributed by atoms with Crippen molar-refractivity contribution in [3.8, 4) is 0 Å². The van der Waals surface area contributed by atoms with Gasteiger partial charge in [-0.1, -0.05) is 70.9 Å². The number of aromatic carboxylic acids is 1. The first kappa shape index (κ1) is 22.1. The third-order valence-corrected chi connectivity index (χ3v) is 7.96. The molecule has 5 rings (SSSR count). The average Bonchev–Trinajstić information content (AvgIpc) is 3.37. The van der Waals surface area contributed by atoms with Crippen LogP contribution in [0.1, 0.15) is 51.8 Å². The Hall–Kier alpha value is -2.67. The van der Waals surface area contributed by atoms with Gasteiger partial charge in [-0.3, -0.25) is 0 Å². The van der Waals surface area contributed by atoms with E-state index in [2.05, 4.69) is 11.1 Å². The molecule has 0 amide bonds. The van der Waals surface area contributed by atoms with Crippen molar-refractivity contribution < 1.29 is 9.90 Å². The van der Waals surface area contributed by atoms with E-state index >= 15 is 0 Å². The monoisotopic (exact) mass is 497 g/mol. The first-order valence-electron chi connectivity index (χ1n) is 10.7. The molecule has 1 N–H and O–H groups in total. The number of allylic oxidation sites excluding steroid dienone is 1. The van der Waals surface area contributed by atoms with Crippen LogP contribution in [0.25, 0.3) is 6.08 Å². The molecule has 1 aliphatic heterocycles. The second-order valence-corrected chi connectivity index (χ2v) is 9.99. The predicted molar refractivity (Wildman–Crippen MR) is 135 cm³/mol. The van der Waals surface area contributed by atoms with Gasteiger partial charge in [0, 0.05) is 16.0 Å². The molecule has 0 radical (unpaired) electrons. The van der Waals surface area contributed by atoms with Crippen molar-refractivity contribution in [2.45, 2.75) is 32.2 Å². The lowest BCUT2D eigenvalue weighted by atomic mass is 9.77. The van der Waals surface area contributed by atoms with E-state index in [9.17, 15) is 9.90 Å². The van der Waals surface area contributed by atoms with Gasteiger partial charge in [-0.05, 0) is 61.1 Å². The molecule has 1 fully saturated rings. The second-order valence-electron chi connectivity index (χ2n) is 8.20. The van der Waals surface area contributed by atoms with E-state index in [0.29, 0.717) is 20.9 Å². The number of carboxylic acids is 1. The lowest BCUT2D eigenvalue weighted by molar-refractivity contribution is 0.0701. The summed E-state index contributed by atoms with van der Waals surface area (Å²) in [7, 11) is 0. The molecular formula is C25H21Cl2N3O2S. The standard InChI is InChI=1S/C25H21Cl2N3O2S/c1-14-23(24(31)32)33-25(28-14)30-22(17-9-3-5-12-20(17)27)18-10-6-8-16(21(18)29-30)13-15-7-2-4-11-19(15)26/h2-5,7,9,11-13,18,22H,6,8,10H2,1H3,(H,31,32)/b16-13+/t18-,22-/m0/s1. The molecule has 1 aromatic heterocycles. The molecule has 0 saturated heterocycles. The number of anilines is 1. The van der Waals surface area contributed by atoms with Crippen LogP contribution in [0, 0.1) is 12.8 Å². The topological polar surface area (TPSA) is 65.8 Å². The number of hydrogen-bond acceptors (Lipinski definition) is 5. The number of fused-ring (bicyclic) bond motifs is 1. The van der Waals surface area contributed by atoms with Crippen molar-refractivity contribution in [3.05, 3.63) is 85.8 Å². The molecule has 2 aromatic carbocycles. The molecule has 0 unspecified atom stereocenters. The zero-order valence-corrected chi connectivity index (χ0v) is 20.2. The fourth-order valence-corrected chi connectivity index (χ4v) is 5.97. The molecule has 33 heavy (non-hydrogen) atoms. The van der Waals surface area contributed by atoms with E-state index in [1.807, 2.05) is 53.5 Å². The number of nitrogens with zero attached hydrogens (tertiary/aromatic N) is 3. The maximum atomic E-state index is 11.7. The Kier molecular flexibility index (Phi) is 5.99. The largest absolute Gasteiger partial charge is 0.477 e. The van der Waals surface area contributed by atoms with Crippen LogP contribution in [0.5, 0.6) is 0 Å². The summed E-state index contributed by atoms with van der Waals surface area (Å²) in [5.74, 6) is -0.862. The van der Waals surface area contributed by atoms with Gasteiger partial charge in [0.15, 0.2) is 0 Å². The van der Waals surface area contributed by atoms with Crippen molar-refractivity contribution in [2.24, 2.45) is 11.0 Å². The third-order valence-electron chi connectivity index (χ3n) is 6.14. The Morgan fingerprint density at radius 2 is 1.88 bits per heavy atom. The molecule has 0 bridgehead atoms. The summed E-state index contributed by atoms with van der Waals surface area (Å²) in [6.45, 7) is 1.72. The van der Waals surface area contributed by atoms with E-state index in [1.54, 1.807) is 6.92 Å². The Balaban J connectivity index is 1.64. The fraction of sp³-hybridized carbons (Fsp3) is 0.240. The molecule has 1 saturated carbocycles. The molecule has 5 nitrogen and oxygen atoms in total. The van der Waals surface area contributed by atoms with Gasteiger partial charge >= 0.3 is 5.97 Å². The molecule has 0 spiro atoms. The summed E-state index contributed by atoms with van der Waals surface area (Å²) in [5, 5.41) is 18.4. The van der Waals surface area contributed by atoms with Crippen LogP contribution in [0.4, 0.5) is 5.13 Å². The Bertz CT molecular complexity index is 1300. The number of aryl methyl sites for hydroxylation is 1. The van der Waals surface area contributed by atoms with Gasteiger partial charge in [0.25, 0.3) is 0 Å². The van der Waals surface area contributed by atoms with Gasteiger partial charge in [-0.25, -0.2) is 14.8 Å². The van der Waals surface area contributed by atoms with Crippen molar-refractivity contribution in [2.75, 3.05) is 5.01 Å². The average molecular weight is 498 g/mol. The van der Waals surface area contributed by atoms with Crippen LogP contribution >= 0.6 is 34.5 Å². The number of aromatic nitrogens is 1. The van der Waals surface area contributed by atoms with E-state index in [-0.39, 0.29) is 16.8 Å². The fourth-order valence-electron chi connectivity index (χ4n) is 4.64. The van der Waals surface area contributed by atoms with Crippen molar-refractivity contribution >= 4 is 57.4 Å². The van der Waals surface area contributed by atoms with Gasteiger partial charge in [-0.2, -0.15) is 5.10 Å². The summed E-state index contributed by atoms with van der Waals surface area (Å²) in [6, 6.07) is 15.4. The van der Waals surface area contributed by atoms with Gasteiger partial charge in [0.1, 0.15) is 4.88 Å². The first-order valence-corrected chi connectivity index (χ1v) is 12.3. The summed E-state index contributed by atoms with van der Waals surface area (Å²) in [4.78, 5) is 16.5. The first-order chi connectivity index (χ1) is 15.9. The highest BCUT2D eigenvalue weighted by molar-refractivity contribution is 7.17. The van der Waals surface area contributed by atoms with Crippen molar-refractivity contribution in [3.63, 3.8) is 0 Å². The van der Waals surface area contributed by atoms with Crippen LogP contribution in [0.2, 0.25) is 10.0 Å². The predicted octanol–water partition coefficient (Wildman–Crippen LogP) is 7.26. The number of hydrazone groups is 1. The minimum Gasteiger partial charge on any atom is -0.477 e. The molecule has 2 heterocycles. The highest BCUT2D eigenvalue weighted by atomic mass is 35.5. The Morgan fingerprint density at radius 3 is 2.58 bits per heavy atom. The zero-order valence-electron chi connectivity index (χ0n) is 17.8. The maximum absolute atomic E-state index is 11.7. The van der Waals surface area contributed by atoms with Crippen LogP contribution in [0.15, 0.2) is 59.2 Å². The van der Waals surface area contributed by atoms with E-state index in [4.69, 9.17) is 28.3 Å². The zero-order chi connectivity index (χ0) is 23.1. The molecule has 3 aromatic rings. The Labute approximate surface area is 206 Å². The molecule has 2 aliphatic rings. The number of carbonyl (C=O) groups is 1. The van der Waals surface area contributed by atoms with Crippen molar-refractivity contribution in [1.82, 2.24) is 4.98 Å². The van der Waals surface area contributed by atoms with E-state index in [0.717, 1.165) is 53.0 Å². The number of halogens is 2. The minimum atomic E-state index is -0.978. The SMILES string of the molecule is Cc1nc(N2N=C3/C(=C/c4ccccc4Cl)CCC[C@@H]3[C@@H]2c2ccccc2Cl)sc1C(=O)O. The molecule has 168 valence electrons. The lowest BCUT2D eigenvalue weighted by Gasteiger charge is -2.30. The highest BCUT2D eigenvalue weighted by Gasteiger charge is 2.44. The molecule has 1 aliphatic carbocycles. The number of carboxylic acid groups (broad SMARTS) is 1. The highest BCUT2D eigenvalue weighted by Crippen LogP contribution is 2.48. The number of rotatable bonds is 4. The molecule has 2 atom stereocenters. The molecule has 8 heteroatoms. The van der Waals surface area contributed by atoms with Crippen LogP contribution in [0.3, 0.4) is 0 Å². The Morgan fingerprint density at radius 1 is 1.15 bits per heavy atom. The number of thiazole rings is 1. The van der Waals surface area contributed by atoms with Gasteiger partial charge in [-0.15, -0.1) is 0 Å².